The van der Waals surface area contributed by atoms with Crippen molar-refractivity contribution in [1.82, 2.24) is 25.3 Å². The monoisotopic (exact) mass is 653 g/mol. The lowest BCUT2D eigenvalue weighted by atomic mass is 9.87. The Balaban J connectivity index is 1.49. The number of hydrogen-bond donors (Lipinski definition) is 3. The van der Waals surface area contributed by atoms with E-state index in [1.54, 1.807) is 19.1 Å². The Kier molecular flexibility index (Phi) is 13.3. The molecule has 47 heavy (non-hydrogen) atoms. The summed E-state index contributed by atoms with van der Waals surface area (Å²) in [6.07, 6.45) is 7.02. The number of carbonyl (C=O) groups excluding carboxylic acids is 2. The lowest BCUT2D eigenvalue weighted by molar-refractivity contribution is 0.0779. The van der Waals surface area contributed by atoms with Crippen LogP contribution in [0.15, 0.2) is 42.5 Å². The maximum Gasteiger partial charge on any atom is 0.272 e. The Morgan fingerprint density at radius 3 is 2.53 bits per heavy atom. The number of aryl methyl sites for hydroxylation is 2. The van der Waals surface area contributed by atoms with Crippen molar-refractivity contribution in [3.05, 3.63) is 82.2 Å². The van der Waals surface area contributed by atoms with Crippen LogP contribution in [-0.2, 0) is 19.4 Å². The molecule has 0 saturated carbocycles. The largest absolute Gasteiger partial charge is 0.497 e. The minimum atomic E-state index is -1.12. The fraction of sp³-hybridized carbons (Fsp3) is 0.528. The van der Waals surface area contributed by atoms with Gasteiger partial charge in [-0.25, -0.2) is 8.78 Å². The van der Waals surface area contributed by atoms with E-state index in [2.05, 4.69) is 28.7 Å². The maximum absolute atomic E-state index is 14.1. The summed E-state index contributed by atoms with van der Waals surface area (Å²) in [6, 6.07) is 9.65. The number of nitrogens with one attached hydrogen (secondary N) is 2. The summed E-state index contributed by atoms with van der Waals surface area (Å²) in [4.78, 5) is 28.5. The van der Waals surface area contributed by atoms with E-state index < -0.39 is 29.7 Å². The number of hydrogen-bond acceptors (Lipinski definition) is 6. The molecule has 1 heterocycles. The molecule has 2 aromatic carbocycles. The second-order valence-corrected chi connectivity index (χ2v) is 12.4. The number of unbranched alkanes of at least 4 members (excludes halogenated alkanes) is 4. The molecule has 0 saturated heterocycles. The van der Waals surface area contributed by atoms with Crippen LogP contribution in [-0.4, -0.2) is 71.0 Å². The fourth-order valence-electron chi connectivity index (χ4n) is 6.22. The standard InChI is InChI=1S/C36H49F2N5O4/c1-5-7-8-9-10-16-42(3)36(46)33-22-32(41-43(33)6-2)35(45)40-31(19-24-17-26(37)20-27(38)18-24)34(44)23-39-30-13-11-12-25-14-15-28(47-4)21-29(25)30/h14-15,17-18,20-22,30-31,34,39,44H,5-13,16,19,23H2,1-4H3,(H,40,45)/t30-,31-,34+/m0/s1. The van der Waals surface area contributed by atoms with Crippen LogP contribution in [0.1, 0.15) is 103 Å². The van der Waals surface area contributed by atoms with Gasteiger partial charge in [0.1, 0.15) is 23.1 Å². The average Bonchev–Trinajstić information content (AvgIpc) is 3.50. The quantitative estimate of drug-likeness (QED) is 0.164. The molecule has 3 aromatic rings. The molecule has 0 spiro atoms. The highest BCUT2D eigenvalue weighted by molar-refractivity contribution is 5.98. The number of aromatic nitrogens is 2. The van der Waals surface area contributed by atoms with Gasteiger partial charge >= 0.3 is 0 Å². The van der Waals surface area contributed by atoms with Crippen molar-refractivity contribution in [3.63, 3.8) is 0 Å². The van der Waals surface area contributed by atoms with Crippen LogP contribution in [0.5, 0.6) is 5.75 Å². The van der Waals surface area contributed by atoms with E-state index in [1.165, 1.54) is 34.9 Å². The van der Waals surface area contributed by atoms with E-state index in [-0.39, 0.29) is 36.2 Å². The van der Waals surface area contributed by atoms with E-state index in [4.69, 9.17) is 4.74 Å². The number of methoxy groups -OCH3 is 1. The molecule has 9 nitrogen and oxygen atoms in total. The molecule has 0 fully saturated rings. The number of fused-ring (bicyclic) bond motifs is 1. The molecular formula is C36H49F2N5O4. The Morgan fingerprint density at radius 2 is 1.83 bits per heavy atom. The highest BCUT2D eigenvalue weighted by Gasteiger charge is 2.28. The third kappa shape index (κ3) is 9.84. The Labute approximate surface area is 276 Å². The predicted molar refractivity (Wildman–Crippen MR) is 178 cm³/mol. The van der Waals surface area contributed by atoms with Crippen LogP contribution in [0.4, 0.5) is 8.78 Å². The molecule has 4 rings (SSSR count). The molecule has 0 aliphatic heterocycles. The van der Waals surface area contributed by atoms with Gasteiger partial charge < -0.3 is 25.4 Å². The first-order chi connectivity index (χ1) is 22.6. The van der Waals surface area contributed by atoms with Crippen LogP contribution in [0, 0.1) is 11.6 Å². The summed E-state index contributed by atoms with van der Waals surface area (Å²) >= 11 is 0. The first kappa shape index (κ1) is 36.0. The van der Waals surface area contributed by atoms with Crippen molar-refractivity contribution in [2.24, 2.45) is 0 Å². The topological polar surface area (TPSA) is 109 Å². The number of amides is 2. The lowest BCUT2D eigenvalue weighted by Gasteiger charge is -2.30. The Morgan fingerprint density at radius 1 is 1.09 bits per heavy atom. The van der Waals surface area contributed by atoms with Gasteiger partial charge in [-0.2, -0.15) is 5.10 Å². The van der Waals surface area contributed by atoms with Gasteiger partial charge in [-0.05, 0) is 80.0 Å². The van der Waals surface area contributed by atoms with Crippen LogP contribution in [0.2, 0.25) is 0 Å². The Bertz CT molecular complexity index is 1480. The van der Waals surface area contributed by atoms with Crippen LogP contribution in [0.25, 0.3) is 0 Å². The smallest absolute Gasteiger partial charge is 0.272 e. The van der Waals surface area contributed by atoms with Gasteiger partial charge in [-0.1, -0.05) is 38.7 Å². The van der Waals surface area contributed by atoms with Gasteiger partial charge in [0.25, 0.3) is 11.8 Å². The number of rotatable bonds is 17. The van der Waals surface area contributed by atoms with Gasteiger partial charge in [-0.15, -0.1) is 0 Å². The average molecular weight is 654 g/mol. The molecule has 0 unspecified atom stereocenters. The van der Waals surface area contributed by atoms with Gasteiger partial charge in [0.05, 0.1) is 19.3 Å². The fourth-order valence-corrected chi connectivity index (χ4v) is 6.22. The number of ether oxygens (including phenoxy) is 1. The minimum absolute atomic E-state index is 0.0235. The van der Waals surface area contributed by atoms with E-state index in [1.807, 2.05) is 19.1 Å². The summed E-state index contributed by atoms with van der Waals surface area (Å²) < 4.78 is 35.1. The number of carbonyl (C=O) groups is 2. The molecule has 1 aliphatic carbocycles. The summed E-state index contributed by atoms with van der Waals surface area (Å²) in [6.45, 7) is 5.09. The molecule has 0 bridgehead atoms. The van der Waals surface area contributed by atoms with Crippen molar-refractivity contribution in [1.29, 1.82) is 0 Å². The van der Waals surface area contributed by atoms with E-state index in [0.717, 1.165) is 62.3 Å². The second-order valence-electron chi connectivity index (χ2n) is 12.4. The third-order valence-electron chi connectivity index (χ3n) is 8.87. The summed E-state index contributed by atoms with van der Waals surface area (Å²) in [5, 5.41) is 22.1. The molecular weight excluding hydrogens is 604 g/mol. The Hall–Kier alpha value is -3.83. The van der Waals surface area contributed by atoms with Crippen molar-refractivity contribution >= 4 is 11.8 Å². The minimum Gasteiger partial charge on any atom is -0.497 e. The molecule has 1 aliphatic rings. The van der Waals surface area contributed by atoms with Crippen molar-refractivity contribution < 1.29 is 28.2 Å². The summed E-state index contributed by atoms with van der Waals surface area (Å²) in [5.74, 6) is -1.56. The number of nitrogens with zero attached hydrogens (tertiary/aromatic N) is 3. The molecule has 3 atom stereocenters. The molecule has 11 heteroatoms. The number of aliphatic hydroxyl groups is 1. The molecule has 2 amide bonds. The highest BCUT2D eigenvalue weighted by Crippen LogP contribution is 2.32. The predicted octanol–water partition coefficient (Wildman–Crippen LogP) is 5.60. The second kappa shape index (κ2) is 17.4. The van der Waals surface area contributed by atoms with Crippen LogP contribution < -0.4 is 15.4 Å². The summed E-state index contributed by atoms with van der Waals surface area (Å²) in [5.41, 5.74) is 2.92. The molecule has 3 N–H and O–H groups in total. The zero-order valence-corrected chi connectivity index (χ0v) is 28.0. The summed E-state index contributed by atoms with van der Waals surface area (Å²) in [7, 11) is 3.36. The first-order valence-corrected chi connectivity index (χ1v) is 16.8. The number of aliphatic hydroxyl groups excluding tert-OH is 1. The van der Waals surface area contributed by atoms with E-state index >= 15 is 0 Å². The molecule has 0 radical (unpaired) electrons. The number of benzene rings is 2. The maximum atomic E-state index is 14.1. The SMILES string of the molecule is CCCCCCCN(C)C(=O)c1cc(C(=O)N[C@@H](Cc2cc(F)cc(F)c2)[C@H](O)CN[C@H]2CCCc3ccc(OC)cc32)nn1CC. The van der Waals surface area contributed by atoms with E-state index in [0.29, 0.717) is 18.8 Å². The lowest BCUT2D eigenvalue weighted by Crippen LogP contribution is -2.49. The zero-order valence-electron chi connectivity index (χ0n) is 28.0. The highest BCUT2D eigenvalue weighted by atomic mass is 19.1. The van der Waals surface area contributed by atoms with Crippen molar-refractivity contribution in [2.75, 3.05) is 27.2 Å². The van der Waals surface area contributed by atoms with Crippen molar-refractivity contribution in [2.45, 2.75) is 96.4 Å². The zero-order chi connectivity index (χ0) is 33.9. The van der Waals surface area contributed by atoms with Crippen LogP contribution >= 0.6 is 0 Å². The van der Waals surface area contributed by atoms with Crippen molar-refractivity contribution in [3.8, 4) is 5.75 Å². The third-order valence-corrected chi connectivity index (χ3v) is 8.87. The number of halogens is 2. The van der Waals surface area contributed by atoms with Gasteiger partial charge in [-0.3, -0.25) is 14.3 Å². The van der Waals surface area contributed by atoms with Crippen LogP contribution in [0.3, 0.4) is 0 Å². The molecule has 256 valence electrons. The van der Waals surface area contributed by atoms with Gasteiger partial charge in [0.2, 0.25) is 0 Å². The van der Waals surface area contributed by atoms with E-state index in [9.17, 15) is 23.5 Å². The normalized spacial score (nSPS) is 15.5. The first-order valence-electron chi connectivity index (χ1n) is 16.8. The van der Waals surface area contributed by atoms with Gasteiger partial charge in [0, 0.05) is 44.9 Å². The van der Waals surface area contributed by atoms with Gasteiger partial charge in [0.15, 0.2) is 5.69 Å². The molecule has 1 aromatic heterocycles.